The molecule has 0 saturated heterocycles. The Hall–Kier alpha value is -4.79. The molecule has 0 bridgehead atoms. The minimum Gasteiger partial charge on any atom is -0.387 e. The highest BCUT2D eigenvalue weighted by molar-refractivity contribution is 6.05. The Labute approximate surface area is 254 Å². The molecule has 4 rings (SSSR count). The maximum atomic E-state index is 12.8. The molecule has 43 heavy (non-hydrogen) atoms. The van der Waals surface area contributed by atoms with Gasteiger partial charge in [0.05, 0.1) is 17.6 Å². The van der Waals surface area contributed by atoms with Crippen LogP contribution < -0.4 is 16.4 Å². The van der Waals surface area contributed by atoms with Crippen LogP contribution in [-0.4, -0.2) is 47.0 Å². The maximum absolute atomic E-state index is 12.8. The molecule has 1 aromatic heterocycles. The number of pyridine rings is 1. The van der Waals surface area contributed by atoms with E-state index in [-0.39, 0.29) is 11.8 Å². The van der Waals surface area contributed by atoms with E-state index < -0.39 is 0 Å². The normalized spacial score (nSPS) is 11.9. The number of anilines is 1. The van der Waals surface area contributed by atoms with Crippen LogP contribution in [0, 0.1) is 0 Å². The summed E-state index contributed by atoms with van der Waals surface area (Å²) in [6, 6.07) is 17.1. The zero-order valence-corrected chi connectivity index (χ0v) is 25.3. The van der Waals surface area contributed by atoms with Gasteiger partial charge in [0.2, 0.25) is 12.3 Å². The number of rotatable bonds is 12. The highest BCUT2D eigenvalue weighted by Crippen LogP contribution is 2.27. The number of amidine groups is 1. The summed E-state index contributed by atoms with van der Waals surface area (Å²) < 4.78 is 0. The highest BCUT2D eigenvalue weighted by atomic mass is 16.2. The van der Waals surface area contributed by atoms with Gasteiger partial charge in [-0.05, 0) is 55.5 Å². The number of fused-ring (bicyclic) bond motifs is 1. The first kappa shape index (κ1) is 32.7. The fourth-order valence-corrected chi connectivity index (χ4v) is 4.54. The van der Waals surface area contributed by atoms with Crippen LogP contribution in [0.2, 0.25) is 0 Å². The van der Waals surface area contributed by atoms with Crippen molar-refractivity contribution in [2.24, 2.45) is 10.7 Å². The van der Waals surface area contributed by atoms with E-state index in [0.29, 0.717) is 48.6 Å². The first-order valence-corrected chi connectivity index (χ1v) is 14.7. The van der Waals surface area contributed by atoms with Crippen LogP contribution in [0.15, 0.2) is 77.6 Å². The molecule has 0 radical (unpaired) electrons. The Balaban J connectivity index is 0.000000489. The largest absolute Gasteiger partial charge is 0.387 e. The number of nitrogens with two attached hydrogens (primary N) is 1. The van der Waals surface area contributed by atoms with Crippen LogP contribution in [0.1, 0.15) is 73.5 Å². The van der Waals surface area contributed by atoms with Crippen molar-refractivity contribution < 1.29 is 14.4 Å². The van der Waals surface area contributed by atoms with Crippen LogP contribution in [0.5, 0.6) is 0 Å². The van der Waals surface area contributed by atoms with Gasteiger partial charge in [0, 0.05) is 49.8 Å². The standard InChI is InChI=1S/C27H27N5O2.C7H15NO/c1-18-11-21-8-9-22(14-24(21)32-25(28)12-18)27(34)31-23-13-20(15-29-17-23)16-30-26(33)10-7-19-5-3-2-4-6-19;1-3-5-8(7-9)6-4-2/h2-6,8-9,11,13-15,17H,7,10,12,16H2,1H3,(H2,28,32)(H,30,33)(H,31,34);7H,3-6H2,1-2H3. The fraction of sp³-hybridized carbons (Fsp3) is 0.324. The lowest BCUT2D eigenvalue weighted by molar-refractivity contribution is -0.121. The number of aryl methyl sites for hydroxylation is 1. The number of carbonyl (C=O) groups is 3. The second-order valence-corrected chi connectivity index (χ2v) is 10.5. The molecule has 0 fully saturated rings. The molecule has 0 unspecified atom stereocenters. The Morgan fingerprint density at radius 2 is 1.74 bits per heavy atom. The molecule has 0 saturated carbocycles. The number of aromatic nitrogens is 1. The van der Waals surface area contributed by atoms with Gasteiger partial charge in [0.15, 0.2) is 0 Å². The lowest BCUT2D eigenvalue weighted by Gasteiger charge is -2.13. The number of carbonyl (C=O) groups excluding carboxylic acids is 3. The molecule has 9 heteroatoms. The third-order valence-corrected chi connectivity index (χ3v) is 6.62. The summed E-state index contributed by atoms with van der Waals surface area (Å²) >= 11 is 0. The van der Waals surface area contributed by atoms with Crippen molar-refractivity contribution in [3.05, 3.63) is 94.8 Å². The van der Waals surface area contributed by atoms with Gasteiger partial charge in [-0.1, -0.05) is 61.9 Å². The molecular formula is C34H42N6O3. The first-order valence-electron chi connectivity index (χ1n) is 14.7. The number of hydrogen-bond donors (Lipinski definition) is 3. The molecule has 0 spiro atoms. The Kier molecular flexibility index (Phi) is 13.1. The van der Waals surface area contributed by atoms with E-state index in [1.54, 1.807) is 35.5 Å². The molecule has 3 aromatic rings. The van der Waals surface area contributed by atoms with Gasteiger partial charge < -0.3 is 21.3 Å². The quantitative estimate of drug-likeness (QED) is 0.238. The van der Waals surface area contributed by atoms with E-state index in [2.05, 4.69) is 34.5 Å². The minimum absolute atomic E-state index is 0.0348. The summed E-state index contributed by atoms with van der Waals surface area (Å²) in [4.78, 5) is 45.7. The van der Waals surface area contributed by atoms with Crippen molar-refractivity contribution in [2.45, 2.75) is 59.4 Å². The van der Waals surface area contributed by atoms with Gasteiger partial charge in [-0.15, -0.1) is 0 Å². The average Bonchev–Trinajstić information content (AvgIpc) is 3.15. The van der Waals surface area contributed by atoms with Crippen molar-refractivity contribution in [1.82, 2.24) is 15.2 Å². The van der Waals surface area contributed by atoms with Gasteiger partial charge in [-0.25, -0.2) is 4.99 Å². The average molecular weight is 583 g/mol. The summed E-state index contributed by atoms with van der Waals surface area (Å²) in [5.41, 5.74) is 11.6. The summed E-state index contributed by atoms with van der Waals surface area (Å²) in [6.07, 6.45) is 10.0. The van der Waals surface area contributed by atoms with Crippen LogP contribution in [0.25, 0.3) is 6.08 Å². The Bertz CT molecular complexity index is 1430. The second kappa shape index (κ2) is 17.2. The Morgan fingerprint density at radius 3 is 2.44 bits per heavy atom. The summed E-state index contributed by atoms with van der Waals surface area (Å²) in [5.74, 6) is 0.215. The van der Waals surface area contributed by atoms with Crippen molar-refractivity contribution >= 4 is 41.5 Å². The van der Waals surface area contributed by atoms with E-state index in [1.807, 2.05) is 49.4 Å². The molecule has 0 atom stereocenters. The third-order valence-electron chi connectivity index (χ3n) is 6.62. The molecule has 1 aliphatic rings. The van der Waals surface area contributed by atoms with Crippen molar-refractivity contribution in [1.29, 1.82) is 0 Å². The molecule has 226 valence electrons. The van der Waals surface area contributed by atoms with E-state index in [4.69, 9.17) is 5.73 Å². The lowest BCUT2D eigenvalue weighted by Crippen LogP contribution is -2.23. The molecule has 0 aliphatic carbocycles. The fourth-order valence-electron chi connectivity index (χ4n) is 4.54. The van der Waals surface area contributed by atoms with Crippen molar-refractivity contribution in [3.63, 3.8) is 0 Å². The van der Waals surface area contributed by atoms with Gasteiger partial charge in [-0.2, -0.15) is 0 Å². The molecule has 9 nitrogen and oxygen atoms in total. The molecule has 3 amide bonds. The first-order chi connectivity index (χ1) is 20.8. The monoisotopic (exact) mass is 582 g/mol. The van der Waals surface area contributed by atoms with Crippen molar-refractivity contribution in [2.75, 3.05) is 18.4 Å². The van der Waals surface area contributed by atoms with E-state index >= 15 is 0 Å². The summed E-state index contributed by atoms with van der Waals surface area (Å²) in [5, 5.41) is 5.77. The number of nitrogens with zero attached hydrogens (tertiary/aromatic N) is 3. The molecule has 4 N–H and O–H groups in total. The number of aliphatic imine (C=N–C) groups is 1. The molecule has 2 aromatic carbocycles. The van der Waals surface area contributed by atoms with E-state index in [0.717, 1.165) is 54.6 Å². The highest BCUT2D eigenvalue weighted by Gasteiger charge is 2.13. The smallest absolute Gasteiger partial charge is 0.255 e. The van der Waals surface area contributed by atoms with E-state index in [1.165, 1.54) is 0 Å². The zero-order chi connectivity index (χ0) is 31.0. The zero-order valence-electron chi connectivity index (χ0n) is 25.3. The topological polar surface area (TPSA) is 130 Å². The van der Waals surface area contributed by atoms with E-state index in [9.17, 15) is 14.4 Å². The number of nitrogens with one attached hydrogen (secondary N) is 2. The summed E-state index contributed by atoms with van der Waals surface area (Å²) in [7, 11) is 0. The SMILES string of the molecule is CC1=Cc2ccc(C(=O)Nc3cncc(CNC(=O)CCc4ccccc4)c3)cc2N=C(N)C1.CCCN(C=O)CCC. The van der Waals surface area contributed by atoms with Gasteiger partial charge in [0.1, 0.15) is 5.84 Å². The van der Waals surface area contributed by atoms with Crippen LogP contribution in [0.4, 0.5) is 11.4 Å². The third kappa shape index (κ3) is 11.2. The van der Waals surface area contributed by atoms with Crippen molar-refractivity contribution in [3.8, 4) is 0 Å². The lowest BCUT2D eigenvalue weighted by atomic mass is 10.1. The predicted octanol–water partition coefficient (Wildman–Crippen LogP) is 5.64. The number of amides is 3. The maximum Gasteiger partial charge on any atom is 0.255 e. The minimum atomic E-state index is -0.271. The number of hydrogen-bond acceptors (Lipinski definition) is 6. The molecule has 2 heterocycles. The molecule has 1 aliphatic heterocycles. The number of benzene rings is 2. The van der Waals surface area contributed by atoms with Gasteiger partial charge in [0.25, 0.3) is 5.91 Å². The Morgan fingerprint density at radius 1 is 1.00 bits per heavy atom. The predicted molar refractivity (Wildman–Crippen MR) is 173 cm³/mol. The second-order valence-electron chi connectivity index (χ2n) is 10.5. The van der Waals surface area contributed by atoms with Gasteiger partial charge >= 0.3 is 0 Å². The summed E-state index contributed by atoms with van der Waals surface area (Å²) in [6.45, 7) is 8.29. The van der Waals surface area contributed by atoms with Crippen LogP contribution >= 0.6 is 0 Å². The van der Waals surface area contributed by atoms with Crippen LogP contribution in [0.3, 0.4) is 0 Å². The molecular weight excluding hydrogens is 540 g/mol. The van der Waals surface area contributed by atoms with Crippen LogP contribution in [-0.2, 0) is 22.6 Å². The van der Waals surface area contributed by atoms with Gasteiger partial charge in [-0.3, -0.25) is 19.4 Å².